The van der Waals surface area contributed by atoms with Gasteiger partial charge in [-0.2, -0.15) is 0 Å². The molecule has 0 saturated heterocycles. The van der Waals surface area contributed by atoms with Gasteiger partial charge in [0.05, 0.1) is 11.0 Å². The predicted molar refractivity (Wildman–Crippen MR) is 79.5 cm³/mol. The number of nitrogens with zero attached hydrogens (tertiary/aromatic N) is 2. The molecule has 1 atom stereocenters. The first-order valence-corrected chi connectivity index (χ1v) is 6.53. The second-order valence-corrected chi connectivity index (χ2v) is 4.98. The molecule has 0 bridgehead atoms. The molecule has 21 heavy (non-hydrogen) atoms. The van der Waals surface area contributed by atoms with Gasteiger partial charge < -0.3 is 10.5 Å². The highest BCUT2D eigenvalue weighted by molar-refractivity contribution is 5.50. The Balaban J connectivity index is 2.30. The predicted octanol–water partition coefficient (Wildman–Crippen LogP) is 3.42. The molecule has 0 saturated carbocycles. The summed E-state index contributed by atoms with van der Waals surface area (Å²) in [5.74, 6) is 0.800. The van der Waals surface area contributed by atoms with Crippen LogP contribution in [-0.2, 0) is 0 Å². The third-order valence-corrected chi connectivity index (χ3v) is 3.19. The summed E-state index contributed by atoms with van der Waals surface area (Å²) in [6.45, 7) is 5.40. The summed E-state index contributed by atoms with van der Waals surface area (Å²) in [6.07, 6.45) is 1.64. The van der Waals surface area contributed by atoms with Crippen LogP contribution in [0.25, 0.3) is 0 Å². The molecule has 0 fully saturated rings. The molecule has 1 aromatic carbocycles. The lowest BCUT2D eigenvalue weighted by Gasteiger charge is -2.10. The van der Waals surface area contributed by atoms with Gasteiger partial charge in [-0.25, -0.2) is 4.98 Å². The summed E-state index contributed by atoms with van der Waals surface area (Å²) < 4.78 is 5.63. The van der Waals surface area contributed by atoms with Crippen molar-refractivity contribution in [2.24, 2.45) is 5.73 Å². The van der Waals surface area contributed by atoms with Crippen molar-refractivity contribution in [2.45, 2.75) is 26.8 Å². The number of nitro benzene ring substituents is 1. The van der Waals surface area contributed by atoms with Crippen molar-refractivity contribution in [3.8, 4) is 11.6 Å². The van der Waals surface area contributed by atoms with Crippen LogP contribution in [-0.4, -0.2) is 9.91 Å². The standard InChI is InChI=1S/C15H17N3O3/c1-9-6-10(2)14(7-13(9)18(19)20)21-15-5-4-12(8-17-15)11(3)16/h4-8,11H,16H2,1-3H3/t11-/m0/s1. The summed E-state index contributed by atoms with van der Waals surface area (Å²) in [5, 5.41) is 11.0. The fraction of sp³-hybridized carbons (Fsp3) is 0.267. The van der Waals surface area contributed by atoms with E-state index < -0.39 is 4.92 Å². The highest BCUT2D eigenvalue weighted by Gasteiger charge is 2.15. The van der Waals surface area contributed by atoms with Gasteiger partial charge in [0, 0.05) is 23.9 Å². The van der Waals surface area contributed by atoms with Gasteiger partial charge >= 0.3 is 0 Å². The molecule has 2 rings (SSSR count). The highest BCUT2D eigenvalue weighted by atomic mass is 16.6. The van der Waals surface area contributed by atoms with Gasteiger partial charge in [0.1, 0.15) is 5.75 Å². The number of hydrogen-bond donors (Lipinski definition) is 1. The van der Waals surface area contributed by atoms with E-state index in [1.54, 1.807) is 25.3 Å². The molecule has 0 unspecified atom stereocenters. The molecular weight excluding hydrogens is 270 g/mol. The maximum atomic E-state index is 11.0. The lowest BCUT2D eigenvalue weighted by atomic mass is 10.1. The Labute approximate surface area is 122 Å². The lowest BCUT2D eigenvalue weighted by Crippen LogP contribution is -2.05. The molecule has 6 nitrogen and oxygen atoms in total. The topological polar surface area (TPSA) is 91.3 Å². The third-order valence-electron chi connectivity index (χ3n) is 3.19. The molecule has 0 aliphatic heterocycles. The third kappa shape index (κ3) is 3.35. The van der Waals surface area contributed by atoms with Crippen LogP contribution in [0.4, 0.5) is 5.69 Å². The number of nitro groups is 1. The number of nitrogens with two attached hydrogens (primary N) is 1. The normalized spacial score (nSPS) is 12.0. The molecule has 1 aromatic heterocycles. The number of aryl methyl sites for hydroxylation is 2. The van der Waals surface area contributed by atoms with Crippen LogP contribution in [0.15, 0.2) is 30.5 Å². The van der Waals surface area contributed by atoms with Crippen molar-refractivity contribution in [3.05, 3.63) is 57.3 Å². The quantitative estimate of drug-likeness (QED) is 0.687. The van der Waals surface area contributed by atoms with Crippen LogP contribution in [0.5, 0.6) is 11.6 Å². The maximum absolute atomic E-state index is 11.0. The number of pyridine rings is 1. The fourth-order valence-corrected chi connectivity index (χ4v) is 1.96. The number of ether oxygens (including phenoxy) is 1. The van der Waals surface area contributed by atoms with Crippen molar-refractivity contribution in [1.29, 1.82) is 0 Å². The second-order valence-electron chi connectivity index (χ2n) is 4.98. The molecule has 2 aromatic rings. The van der Waals surface area contributed by atoms with E-state index in [0.717, 1.165) is 11.1 Å². The van der Waals surface area contributed by atoms with E-state index in [9.17, 15) is 10.1 Å². The Bertz CT molecular complexity index is 667. The van der Waals surface area contributed by atoms with E-state index in [1.807, 2.05) is 19.9 Å². The zero-order valence-electron chi connectivity index (χ0n) is 12.2. The molecule has 2 N–H and O–H groups in total. The zero-order valence-corrected chi connectivity index (χ0v) is 12.2. The minimum atomic E-state index is -0.422. The summed E-state index contributed by atoms with van der Waals surface area (Å²) in [7, 11) is 0. The van der Waals surface area contributed by atoms with Gasteiger partial charge in [-0.3, -0.25) is 10.1 Å². The molecule has 0 amide bonds. The Morgan fingerprint density at radius 1 is 1.29 bits per heavy atom. The highest BCUT2D eigenvalue weighted by Crippen LogP contribution is 2.31. The molecule has 0 radical (unpaired) electrons. The van der Waals surface area contributed by atoms with Gasteiger partial charge in [0.25, 0.3) is 5.69 Å². The van der Waals surface area contributed by atoms with Gasteiger partial charge in [0.2, 0.25) is 5.88 Å². The summed E-state index contributed by atoms with van der Waals surface area (Å²) in [4.78, 5) is 14.7. The van der Waals surface area contributed by atoms with Crippen LogP contribution in [0.2, 0.25) is 0 Å². The summed E-state index contributed by atoms with van der Waals surface area (Å²) in [6, 6.07) is 6.57. The second kappa shape index (κ2) is 5.88. The smallest absolute Gasteiger partial charge is 0.276 e. The average molecular weight is 287 g/mol. The van der Waals surface area contributed by atoms with E-state index >= 15 is 0 Å². The van der Waals surface area contributed by atoms with Crippen LogP contribution in [0, 0.1) is 24.0 Å². The Hall–Kier alpha value is -2.47. The van der Waals surface area contributed by atoms with E-state index in [0.29, 0.717) is 17.2 Å². The van der Waals surface area contributed by atoms with Gasteiger partial charge in [-0.15, -0.1) is 0 Å². The Kier molecular flexibility index (Phi) is 4.18. The zero-order chi connectivity index (χ0) is 15.6. The molecule has 6 heteroatoms. The fourth-order valence-electron chi connectivity index (χ4n) is 1.96. The van der Waals surface area contributed by atoms with Crippen molar-refractivity contribution in [1.82, 2.24) is 4.98 Å². The van der Waals surface area contributed by atoms with Crippen molar-refractivity contribution >= 4 is 5.69 Å². The largest absolute Gasteiger partial charge is 0.439 e. The van der Waals surface area contributed by atoms with Gasteiger partial charge in [-0.1, -0.05) is 6.07 Å². The van der Waals surface area contributed by atoms with Gasteiger partial charge in [0.15, 0.2) is 0 Å². The first-order chi connectivity index (χ1) is 9.88. The molecule has 110 valence electrons. The summed E-state index contributed by atoms with van der Waals surface area (Å²) >= 11 is 0. The first kappa shape index (κ1) is 14.9. The number of rotatable bonds is 4. The number of benzene rings is 1. The van der Waals surface area contributed by atoms with E-state index in [2.05, 4.69) is 4.98 Å². The minimum Gasteiger partial charge on any atom is -0.439 e. The Morgan fingerprint density at radius 3 is 2.52 bits per heavy atom. The van der Waals surface area contributed by atoms with Crippen LogP contribution < -0.4 is 10.5 Å². The molecule has 0 spiro atoms. The molecule has 0 aliphatic carbocycles. The van der Waals surface area contributed by atoms with E-state index in [-0.39, 0.29) is 11.7 Å². The van der Waals surface area contributed by atoms with Crippen molar-refractivity contribution in [3.63, 3.8) is 0 Å². The SMILES string of the molecule is Cc1cc(C)c([N+](=O)[O-])cc1Oc1ccc([C@H](C)N)cn1. The molecule has 0 aliphatic rings. The minimum absolute atomic E-state index is 0.0304. The maximum Gasteiger partial charge on any atom is 0.276 e. The van der Waals surface area contributed by atoms with Crippen LogP contribution >= 0.6 is 0 Å². The van der Waals surface area contributed by atoms with Crippen molar-refractivity contribution in [2.75, 3.05) is 0 Å². The van der Waals surface area contributed by atoms with Gasteiger partial charge in [-0.05, 0) is 38.0 Å². The van der Waals surface area contributed by atoms with E-state index in [4.69, 9.17) is 10.5 Å². The molecule has 1 heterocycles. The molecular formula is C15H17N3O3. The summed E-state index contributed by atoms with van der Waals surface area (Å²) in [5.41, 5.74) is 8.10. The monoisotopic (exact) mass is 287 g/mol. The first-order valence-electron chi connectivity index (χ1n) is 6.53. The van der Waals surface area contributed by atoms with Crippen LogP contribution in [0.1, 0.15) is 29.7 Å². The van der Waals surface area contributed by atoms with E-state index in [1.165, 1.54) is 6.07 Å². The number of aromatic nitrogens is 1. The van der Waals surface area contributed by atoms with Crippen molar-refractivity contribution < 1.29 is 9.66 Å². The number of hydrogen-bond acceptors (Lipinski definition) is 5. The lowest BCUT2D eigenvalue weighted by molar-refractivity contribution is -0.385. The van der Waals surface area contributed by atoms with Crippen LogP contribution in [0.3, 0.4) is 0 Å². The Morgan fingerprint density at radius 2 is 2.00 bits per heavy atom. The average Bonchev–Trinajstić information content (AvgIpc) is 2.42.